The number of nitrogens with zero attached hydrogens (tertiary/aromatic N) is 1. The summed E-state index contributed by atoms with van der Waals surface area (Å²) in [6, 6.07) is 20.5. The molecule has 0 amide bonds. The fourth-order valence-electron chi connectivity index (χ4n) is 4.15. The van der Waals surface area contributed by atoms with E-state index in [0.717, 1.165) is 39.7 Å². The number of aromatic nitrogens is 1. The van der Waals surface area contributed by atoms with Crippen LogP contribution >= 0.6 is 34.8 Å². The fraction of sp³-hybridized carbons (Fsp3) is 0.111. The van der Waals surface area contributed by atoms with Crippen molar-refractivity contribution >= 4 is 63.3 Å². The number of fused-ring (bicyclic) bond motifs is 2. The van der Waals surface area contributed by atoms with Crippen LogP contribution in [0, 0.1) is 0 Å². The lowest BCUT2D eigenvalue weighted by Crippen LogP contribution is -2.11. The summed E-state index contributed by atoms with van der Waals surface area (Å²) in [6.07, 6.45) is 3.60. The second-order valence-electron chi connectivity index (χ2n) is 7.83. The maximum atomic E-state index is 13.3. The summed E-state index contributed by atoms with van der Waals surface area (Å²) in [4.78, 5) is 18.2. The van der Waals surface area contributed by atoms with Crippen LogP contribution in [0.25, 0.3) is 22.6 Å². The molecule has 1 aliphatic carbocycles. The summed E-state index contributed by atoms with van der Waals surface area (Å²) in [5, 5.41) is 2.40. The first-order valence-corrected chi connectivity index (χ1v) is 11.6. The van der Waals surface area contributed by atoms with Gasteiger partial charge in [-0.3, -0.25) is 0 Å². The molecule has 0 saturated heterocycles. The third-order valence-corrected chi connectivity index (χ3v) is 6.73. The first kappa shape index (κ1) is 22.0. The van der Waals surface area contributed by atoms with Crippen LogP contribution < -0.4 is 0 Å². The van der Waals surface area contributed by atoms with E-state index in [1.165, 1.54) is 0 Å². The number of para-hydroxylation sites is 1. The Balaban J connectivity index is 1.55. The van der Waals surface area contributed by atoms with Gasteiger partial charge in [-0.1, -0.05) is 71.2 Å². The van der Waals surface area contributed by atoms with Crippen molar-refractivity contribution in [1.82, 2.24) is 4.98 Å². The topological polar surface area (TPSA) is 39.2 Å². The van der Waals surface area contributed by atoms with E-state index in [1.807, 2.05) is 48.5 Å². The molecular weight excluding hydrogens is 477 g/mol. The Bertz CT molecular complexity index is 1390. The first-order chi connectivity index (χ1) is 16.0. The standard InChI is InChI=1S/C27H18Cl3NO2/c28-18-11-8-16(9-12-18)14-17-10-13-20-25(19-4-1-2-7-24(19)31-26(17)20)27(32)33-15-21-22(29)5-3-6-23(21)30/h1-9,11-12,14H,10,13,15H2. The number of hydrogen-bond acceptors (Lipinski definition) is 3. The monoisotopic (exact) mass is 493 g/mol. The number of rotatable bonds is 4. The summed E-state index contributed by atoms with van der Waals surface area (Å²) in [7, 11) is 0. The van der Waals surface area contributed by atoms with E-state index in [9.17, 15) is 4.79 Å². The van der Waals surface area contributed by atoms with E-state index in [1.54, 1.807) is 18.2 Å². The Morgan fingerprint density at radius 2 is 1.64 bits per heavy atom. The van der Waals surface area contributed by atoms with Crippen LogP contribution in [-0.2, 0) is 17.8 Å². The molecule has 0 radical (unpaired) electrons. The molecular formula is C27H18Cl3NO2. The highest BCUT2D eigenvalue weighted by Gasteiger charge is 2.27. The van der Waals surface area contributed by atoms with E-state index < -0.39 is 5.97 Å². The first-order valence-electron chi connectivity index (χ1n) is 10.5. The van der Waals surface area contributed by atoms with Crippen LogP contribution in [0.3, 0.4) is 0 Å². The third kappa shape index (κ3) is 4.37. The van der Waals surface area contributed by atoms with E-state index in [-0.39, 0.29) is 6.61 Å². The van der Waals surface area contributed by atoms with Crippen LogP contribution in [0.5, 0.6) is 0 Å². The van der Waals surface area contributed by atoms with Gasteiger partial charge in [-0.15, -0.1) is 0 Å². The van der Waals surface area contributed by atoms with Crippen LogP contribution in [-0.4, -0.2) is 11.0 Å². The molecule has 1 heterocycles. The predicted molar refractivity (Wildman–Crippen MR) is 135 cm³/mol. The molecule has 0 fully saturated rings. The second-order valence-corrected chi connectivity index (χ2v) is 9.08. The number of benzene rings is 3. The highest BCUT2D eigenvalue weighted by molar-refractivity contribution is 6.36. The van der Waals surface area contributed by atoms with Gasteiger partial charge < -0.3 is 4.74 Å². The lowest BCUT2D eigenvalue weighted by Gasteiger charge is -2.13. The summed E-state index contributed by atoms with van der Waals surface area (Å²) in [5.74, 6) is -0.409. The molecule has 0 atom stereocenters. The van der Waals surface area contributed by atoms with Gasteiger partial charge in [0.25, 0.3) is 0 Å². The highest BCUT2D eigenvalue weighted by atomic mass is 35.5. The molecule has 4 aromatic rings. The Morgan fingerprint density at radius 3 is 2.39 bits per heavy atom. The Kier molecular flexibility index (Phi) is 6.11. The van der Waals surface area contributed by atoms with E-state index in [2.05, 4.69) is 6.08 Å². The summed E-state index contributed by atoms with van der Waals surface area (Å²) >= 11 is 18.5. The zero-order valence-corrected chi connectivity index (χ0v) is 19.7. The third-order valence-electron chi connectivity index (χ3n) is 5.77. The molecule has 33 heavy (non-hydrogen) atoms. The minimum Gasteiger partial charge on any atom is -0.457 e. The van der Waals surface area contributed by atoms with Gasteiger partial charge >= 0.3 is 5.97 Å². The predicted octanol–water partition coefficient (Wildman–Crippen LogP) is 8.04. The molecule has 0 spiro atoms. The number of halogens is 3. The molecule has 0 aliphatic heterocycles. The number of hydrogen-bond donors (Lipinski definition) is 0. The number of pyridine rings is 1. The molecule has 5 rings (SSSR count). The number of ether oxygens (including phenoxy) is 1. The van der Waals surface area contributed by atoms with Gasteiger partial charge in [-0.25, -0.2) is 9.78 Å². The van der Waals surface area contributed by atoms with Gasteiger partial charge in [0.1, 0.15) is 6.61 Å². The van der Waals surface area contributed by atoms with Gasteiger partial charge in [0, 0.05) is 26.0 Å². The molecule has 6 heteroatoms. The van der Waals surface area contributed by atoms with Crippen molar-refractivity contribution in [3.05, 3.63) is 110 Å². The minimum absolute atomic E-state index is 0.00374. The van der Waals surface area contributed by atoms with Crippen molar-refractivity contribution in [2.24, 2.45) is 0 Å². The normalized spacial score (nSPS) is 14.0. The van der Waals surface area contributed by atoms with Gasteiger partial charge in [0.05, 0.1) is 16.8 Å². The maximum absolute atomic E-state index is 13.3. The largest absolute Gasteiger partial charge is 0.457 e. The minimum atomic E-state index is -0.409. The molecule has 0 unspecified atom stereocenters. The Morgan fingerprint density at radius 1 is 0.909 bits per heavy atom. The summed E-state index contributed by atoms with van der Waals surface area (Å²) < 4.78 is 5.71. The molecule has 0 N–H and O–H groups in total. The lowest BCUT2D eigenvalue weighted by atomic mass is 10.0. The summed E-state index contributed by atoms with van der Waals surface area (Å²) in [6.45, 7) is -0.00374. The number of allylic oxidation sites excluding steroid dienone is 1. The van der Waals surface area contributed by atoms with Crippen molar-refractivity contribution < 1.29 is 9.53 Å². The summed E-state index contributed by atoms with van der Waals surface area (Å²) in [5.41, 5.74) is 5.76. The molecule has 3 aromatic carbocycles. The van der Waals surface area contributed by atoms with Crippen molar-refractivity contribution in [1.29, 1.82) is 0 Å². The van der Waals surface area contributed by atoms with Crippen LogP contribution in [0.1, 0.15) is 39.2 Å². The molecule has 1 aliphatic rings. The SMILES string of the molecule is O=C(OCc1c(Cl)cccc1Cl)c1c2c(nc3ccccc13)C(=Cc1ccc(Cl)cc1)CC2. The van der Waals surface area contributed by atoms with Gasteiger partial charge in [0.2, 0.25) is 0 Å². The average Bonchev–Trinajstić information content (AvgIpc) is 3.20. The van der Waals surface area contributed by atoms with Crippen molar-refractivity contribution in [3.63, 3.8) is 0 Å². The Labute approximate surface area is 206 Å². The highest BCUT2D eigenvalue weighted by Crippen LogP contribution is 2.38. The van der Waals surface area contributed by atoms with Crippen LogP contribution in [0.15, 0.2) is 66.7 Å². The maximum Gasteiger partial charge on any atom is 0.339 e. The molecule has 1 aromatic heterocycles. The number of carbonyl (C=O) groups excluding carboxylic acids is 1. The van der Waals surface area contributed by atoms with Gasteiger partial charge in [0.15, 0.2) is 0 Å². The zero-order chi connectivity index (χ0) is 22.9. The number of esters is 1. The average molecular weight is 495 g/mol. The van der Waals surface area contributed by atoms with Crippen LogP contribution in [0.4, 0.5) is 0 Å². The zero-order valence-electron chi connectivity index (χ0n) is 17.4. The van der Waals surface area contributed by atoms with Gasteiger partial charge in [-0.2, -0.15) is 0 Å². The van der Waals surface area contributed by atoms with E-state index in [0.29, 0.717) is 32.6 Å². The Hall–Kier alpha value is -2.85. The smallest absolute Gasteiger partial charge is 0.339 e. The quantitative estimate of drug-likeness (QED) is 0.269. The van der Waals surface area contributed by atoms with Gasteiger partial charge in [-0.05, 0) is 65.9 Å². The molecule has 3 nitrogen and oxygen atoms in total. The van der Waals surface area contributed by atoms with Crippen molar-refractivity contribution in [2.75, 3.05) is 0 Å². The fourth-order valence-corrected chi connectivity index (χ4v) is 4.79. The van der Waals surface area contributed by atoms with Crippen molar-refractivity contribution in [3.8, 4) is 0 Å². The molecule has 0 saturated carbocycles. The van der Waals surface area contributed by atoms with E-state index >= 15 is 0 Å². The van der Waals surface area contributed by atoms with E-state index in [4.69, 9.17) is 44.5 Å². The van der Waals surface area contributed by atoms with Crippen LogP contribution in [0.2, 0.25) is 15.1 Å². The lowest BCUT2D eigenvalue weighted by molar-refractivity contribution is 0.0474. The molecule has 164 valence electrons. The number of carbonyl (C=O) groups is 1. The van der Waals surface area contributed by atoms with Crippen molar-refractivity contribution in [2.45, 2.75) is 19.4 Å². The second kappa shape index (κ2) is 9.18. The molecule has 0 bridgehead atoms.